The van der Waals surface area contributed by atoms with E-state index in [2.05, 4.69) is 10.3 Å². The van der Waals surface area contributed by atoms with Gasteiger partial charge in [0, 0.05) is 36.2 Å². The van der Waals surface area contributed by atoms with Gasteiger partial charge in [-0.25, -0.2) is 4.98 Å². The number of carbonyl (C=O) groups excluding carboxylic acids is 1. The van der Waals surface area contributed by atoms with Gasteiger partial charge in [0.2, 0.25) is 5.91 Å². The third kappa shape index (κ3) is 4.03. The summed E-state index contributed by atoms with van der Waals surface area (Å²) in [7, 11) is 0. The number of nitro benzene ring substituents is 1. The number of rotatable bonds is 5. The first kappa shape index (κ1) is 18.1. The van der Waals surface area contributed by atoms with Crippen LogP contribution < -0.4 is 5.32 Å². The van der Waals surface area contributed by atoms with Gasteiger partial charge in [0.1, 0.15) is 5.65 Å². The van der Waals surface area contributed by atoms with Crippen molar-refractivity contribution in [3.05, 3.63) is 101 Å². The molecule has 1 N–H and O–H groups in total. The summed E-state index contributed by atoms with van der Waals surface area (Å²) in [6, 6.07) is 19.2. The Morgan fingerprint density at radius 2 is 1.79 bits per heavy atom. The Morgan fingerprint density at radius 3 is 2.55 bits per heavy atom. The maximum absolute atomic E-state index is 12.4. The number of benzene rings is 2. The molecule has 0 aliphatic rings. The molecular weight excluding hydrogens is 368 g/mol. The molecule has 4 aromatic rings. The quantitative estimate of drug-likeness (QED) is 0.310. The number of aromatic nitrogens is 2. The molecule has 0 aliphatic heterocycles. The molecule has 2 aromatic heterocycles. The number of nitro groups is 1. The van der Waals surface area contributed by atoms with Crippen LogP contribution >= 0.6 is 0 Å². The summed E-state index contributed by atoms with van der Waals surface area (Å²) in [6.45, 7) is 0. The lowest BCUT2D eigenvalue weighted by Gasteiger charge is -2.07. The Morgan fingerprint density at radius 1 is 1.03 bits per heavy atom. The van der Waals surface area contributed by atoms with E-state index in [-0.39, 0.29) is 11.6 Å². The molecule has 2 aromatic carbocycles. The van der Waals surface area contributed by atoms with Gasteiger partial charge < -0.3 is 9.72 Å². The fourth-order valence-corrected chi connectivity index (χ4v) is 2.93. The minimum absolute atomic E-state index is 0.00739. The van der Waals surface area contributed by atoms with Crippen LogP contribution in [0.15, 0.2) is 85.2 Å². The molecule has 7 nitrogen and oxygen atoms in total. The minimum atomic E-state index is -0.462. The summed E-state index contributed by atoms with van der Waals surface area (Å²) in [4.78, 5) is 27.2. The summed E-state index contributed by atoms with van der Waals surface area (Å²) in [6.07, 6.45) is 6.82. The highest BCUT2D eigenvalue weighted by atomic mass is 16.6. The molecule has 0 aliphatic carbocycles. The molecular formula is C22H16N4O3. The highest BCUT2D eigenvalue weighted by molar-refractivity contribution is 6.04. The Labute approximate surface area is 166 Å². The molecule has 0 spiro atoms. The van der Waals surface area contributed by atoms with Gasteiger partial charge in [0.05, 0.1) is 16.3 Å². The van der Waals surface area contributed by atoms with Crippen LogP contribution in [0.5, 0.6) is 0 Å². The topological polar surface area (TPSA) is 89.5 Å². The fraction of sp³-hybridized carbons (Fsp3) is 0. The molecule has 7 heteroatoms. The Bertz CT molecular complexity index is 1190. The number of imidazole rings is 1. The van der Waals surface area contributed by atoms with Crippen molar-refractivity contribution in [1.29, 1.82) is 0 Å². The normalized spacial score (nSPS) is 11.0. The number of anilines is 1. The third-order valence-corrected chi connectivity index (χ3v) is 4.36. The van der Waals surface area contributed by atoms with Crippen molar-refractivity contribution in [2.45, 2.75) is 0 Å². The highest BCUT2D eigenvalue weighted by Crippen LogP contribution is 2.27. The lowest BCUT2D eigenvalue weighted by atomic mass is 10.1. The molecule has 29 heavy (non-hydrogen) atoms. The molecule has 0 radical (unpaired) electrons. The van der Waals surface area contributed by atoms with Gasteiger partial charge in [-0.05, 0) is 42.0 Å². The van der Waals surface area contributed by atoms with Crippen LogP contribution in [-0.2, 0) is 4.79 Å². The standard InChI is InChI=1S/C22H16N4O3/c27-22(13-10-16-8-11-17(12-9-16)26(28)29)24-19-6-2-1-5-18(19)20-15-25-14-4-3-7-21(25)23-20/h1-15H,(H,24,27)/b13-10+. The van der Waals surface area contributed by atoms with Gasteiger partial charge in [-0.15, -0.1) is 0 Å². The Balaban J connectivity index is 1.53. The molecule has 142 valence electrons. The second-order valence-electron chi connectivity index (χ2n) is 6.31. The summed E-state index contributed by atoms with van der Waals surface area (Å²) >= 11 is 0. The number of fused-ring (bicyclic) bond motifs is 1. The predicted octanol–water partition coefficient (Wildman–Crippen LogP) is 4.56. The van der Waals surface area contributed by atoms with Crippen LogP contribution in [0.4, 0.5) is 11.4 Å². The highest BCUT2D eigenvalue weighted by Gasteiger charge is 2.10. The van der Waals surface area contributed by atoms with Gasteiger partial charge in [0.25, 0.3) is 5.69 Å². The second-order valence-corrected chi connectivity index (χ2v) is 6.31. The van der Waals surface area contributed by atoms with Crippen LogP contribution in [-0.4, -0.2) is 20.2 Å². The van der Waals surface area contributed by atoms with Crippen molar-refractivity contribution in [3.8, 4) is 11.3 Å². The monoisotopic (exact) mass is 384 g/mol. The predicted molar refractivity (Wildman–Crippen MR) is 111 cm³/mol. The number of carbonyl (C=O) groups is 1. The van der Waals surface area contributed by atoms with Gasteiger partial charge >= 0.3 is 0 Å². The van der Waals surface area contributed by atoms with Crippen molar-refractivity contribution >= 4 is 29.0 Å². The average molecular weight is 384 g/mol. The van der Waals surface area contributed by atoms with Crippen molar-refractivity contribution < 1.29 is 9.72 Å². The summed E-state index contributed by atoms with van der Waals surface area (Å²) in [5.74, 6) is -0.306. The lowest BCUT2D eigenvalue weighted by molar-refractivity contribution is -0.384. The number of non-ortho nitro benzene ring substituents is 1. The average Bonchev–Trinajstić information content (AvgIpc) is 3.17. The molecule has 0 unspecified atom stereocenters. The zero-order valence-corrected chi connectivity index (χ0v) is 15.2. The minimum Gasteiger partial charge on any atom is -0.322 e. The number of nitrogens with zero attached hydrogens (tertiary/aromatic N) is 3. The van der Waals surface area contributed by atoms with E-state index in [4.69, 9.17) is 0 Å². The molecule has 4 rings (SSSR count). The molecule has 0 fully saturated rings. The maximum atomic E-state index is 12.4. The van der Waals surface area contributed by atoms with Crippen molar-refractivity contribution in [3.63, 3.8) is 0 Å². The Hall–Kier alpha value is -4.26. The maximum Gasteiger partial charge on any atom is 0.269 e. The van der Waals surface area contributed by atoms with Crippen molar-refractivity contribution in [2.24, 2.45) is 0 Å². The third-order valence-electron chi connectivity index (χ3n) is 4.36. The smallest absolute Gasteiger partial charge is 0.269 e. The van der Waals surface area contributed by atoms with Crippen LogP contribution in [0.2, 0.25) is 0 Å². The van der Waals surface area contributed by atoms with Gasteiger partial charge in [-0.3, -0.25) is 14.9 Å². The van der Waals surface area contributed by atoms with Crippen molar-refractivity contribution in [1.82, 2.24) is 9.38 Å². The van der Waals surface area contributed by atoms with E-state index >= 15 is 0 Å². The summed E-state index contributed by atoms with van der Waals surface area (Å²) < 4.78 is 1.92. The Kier molecular flexibility index (Phi) is 4.86. The molecule has 0 bridgehead atoms. The van der Waals surface area contributed by atoms with E-state index in [0.29, 0.717) is 11.3 Å². The lowest BCUT2D eigenvalue weighted by Crippen LogP contribution is -2.08. The van der Waals surface area contributed by atoms with Crippen LogP contribution in [0.25, 0.3) is 23.0 Å². The molecule has 1 amide bonds. The first-order chi connectivity index (χ1) is 14.1. The van der Waals surface area contributed by atoms with E-state index in [9.17, 15) is 14.9 Å². The summed E-state index contributed by atoms with van der Waals surface area (Å²) in [5.41, 5.74) is 3.74. The van der Waals surface area contributed by atoms with E-state index in [1.165, 1.54) is 18.2 Å². The van der Waals surface area contributed by atoms with E-state index in [1.54, 1.807) is 18.2 Å². The van der Waals surface area contributed by atoms with E-state index < -0.39 is 4.92 Å². The van der Waals surface area contributed by atoms with Gasteiger partial charge in [-0.1, -0.05) is 24.3 Å². The molecule has 0 saturated carbocycles. The van der Waals surface area contributed by atoms with Crippen molar-refractivity contribution in [2.75, 3.05) is 5.32 Å². The SMILES string of the molecule is O=C(/C=C/c1ccc([N+](=O)[O-])cc1)Nc1ccccc1-c1cn2ccccc2n1. The zero-order chi connectivity index (χ0) is 20.2. The number of hydrogen-bond donors (Lipinski definition) is 1. The molecule has 2 heterocycles. The van der Waals surface area contributed by atoms with Crippen LogP contribution in [0.3, 0.4) is 0 Å². The van der Waals surface area contributed by atoms with Gasteiger partial charge in [-0.2, -0.15) is 0 Å². The number of pyridine rings is 1. The largest absolute Gasteiger partial charge is 0.322 e. The molecule has 0 saturated heterocycles. The first-order valence-electron chi connectivity index (χ1n) is 8.87. The number of nitrogens with one attached hydrogen (secondary N) is 1. The first-order valence-corrected chi connectivity index (χ1v) is 8.87. The fourth-order valence-electron chi connectivity index (χ4n) is 2.93. The number of para-hydroxylation sites is 1. The van der Waals surface area contributed by atoms with E-state index in [1.807, 2.05) is 59.3 Å². The van der Waals surface area contributed by atoms with Crippen LogP contribution in [0.1, 0.15) is 5.56 Å². The summed E-state index contributed by atoms with van der Waals surface area (Å²) in [5, 5.41) is 13.6. The van der Waals surface area contributed by atoms with E-state index in [0.717, 1.165) is 16.9 Å². The number of amides is 1. The van der Waals surface area contributed by atoms with Gasteiger partial charge in [0.15, 0.2) is 0 Å². The number of hydrogen-bond acceptors (Lipinski definition) is 4. The second kappa shape index (κ2) is 7.77. The zero-order valence-electron chi connectivity index (χ0n) is 15.2. The van der Waals surface area contributed by atoms with Crippen LogP contribution in [0, 0.1) is 10.1 Å². The molecule has 0 atom stereocenters.